The lowest BCUT2D eigenvalue weighted by Crippen LogP contribution is -2.26. The van der Waals surface area contributed by atoms with Crippen LogP contribution in [0.4, 0.5) is 0 Å². The summed E-state index contributed by atoms with van der Waals surface area (Å²) in [5.41, 5.74) is 0. The Hall–Kier alpha value is -0.340. The van der Waals surface area contributed by atoms with Gasteiger partial charge in [0, 0.05) is 15.8 Å². The summed E-state index contributed by atoms with van der Waals surface area (Å²) in [5.74, 6) is 0.730. The topological polar surface area (TPSA) is 12.0 Å². The van der Waals surface area contributed by atoms with E-state index in [1.165, 1.54) is 22.6 Å². The van der Waals surface area contributed by atoms with Crippen LogP contribution in [0.15, 0.2) is 12.1 Å². The first-order valence-corrected chi connectivity index (χ1v) is 6.80. The Morgan fingerprint density at radius 3 is 2.53 bits per heavy atom. The number of hydrogen-bond donors (Lipinski definition) is 1. The van der Waals surface area contributed by atoms with Crippen molar-refractivity contribution in [2.75, 3.05) is 6.54 Å². The summed E-state index contributed by atoms with van der Waals surface area (Å²) in [6.07, 6.45) is 2.57. The van der Waals surface area contributed by atoms with Gasteiger partial charge in [0.05, 0.1) is 0 Å². The van der Waals surface area contributed by atoms with E-state index < -0.39 is 0 Å². The third kappa shape index (κ3) is 3.62. The van der Waals surface area contributed by atoms with E-state index in [2.05, 4.69) is 45.1 Å². The molecule has 0 spiro atoms. The lowest BCUT2D eigenvalue weighted by atomic mass is 9.95. The smallest absolute Gasteiger partial charge is 0.0440 e. The zero-order chi connectivity index (χ0) is 11.3. The molecule has 1 heterocycles. The number of rotatable bonds is 6. The highest BCUT2D eigenvalue weighted by atomic mass is 32.1. The summed E-state index contributed by atoms with van der Waals surface area (Å²) in [6, 6.07) is 5.05. The minimum atomic E-state index is 0.550. The van der Waals surface area contributed by atoms with Gasteiger partial charge in [-0.3, -0.25) is 0 Å². The van der Waals surface area contributed by atoms with Crippen LogP contribution in [0, 0.1) is 12.8 Å². The van der Waals surface area contributed by atoms with Crippen LogP contribution in [0.25, 0.3) is 0 Å². The van der Waals surface area contributed by atoms with Gasteiger partial charge in [0.2, 0.25) is 0 Å². The van der Waals surface area contributed by atoms with Crippen LogP contribution in [0.2, 0.25) is 0 Å². The maximum Gasteiger partial charge on any atom is 0.0440 e. The molecule has 0 radical (unpaired) electrons. The zero-order valence-corrected chi connectivity index (χ0v) is 11.2. The first-order chi connectivity index (χ1) is 7.19. The van der Waals surface area contributed by atoms with E-state index in [1.54, 1.807) is 0 Å². The third-order valence-electron chi connectivity index (χ3n) is 2.80. The van der Waals surface area contributed by atoms with Crippen LogP contribution >= 0.6 is 11.3 Å². The molecule has 0 saturated carbocycles. The van der Waals surface area contributed by atoms with Crippen molar-refractivity contribution in [3.05, 3.63) is 21.9 Å². The molecule has 0 fully saturated rings. The first kappa shape index (κ1) is 12.7. The van der Waals surface area contributed by atoms with Crippen molar-refractivity contribution in [1.82, 2.24) is 5.32 Å². The Kier molecular flexibility index (Phi) is 5.34. The fourth-order valence-corrected chi connectivity index (χ4v) is 3.13. The van der Waals surface area contributed by atoms with Gasteiger partial charge < -0.3 is 5.32 Å². The monoisotopic (exact) mass is 225 g/mol. The molecule has 0 aromatic carbocycles. The number of aryl methyl sites for hydroxylation is 1. The Labute approximate surface area is 97.9 Å². The van der Waals surface area contributed by atoms with Crippen molar-refractivity contribution in [3.63, 3.8) is 0 Å². The van der Waals surface area contributed by atoms with Gasteiger partial charge in [-0.1, -0.05) is 27.2 Å². The normalized spacial score (nSPS) is 15.2. The Bertz CT molecular complexity index is 280. The summed E-state index contributed by atoms with van der Waals surface area (Å²) in [5, 5.41) is 3.61. The van der Waals surface area contributed by atoms with Gasteiger partial charge in [-0.25, -0.2) is 0 Å². The van der Waals surface area contributed by atoms with Gasteiger partial charge >= 0.3 is 0 Å². The first-order valence-electron chi connectivity index (χ1n) is 5.98. The molecule has 1 rings (SSSR count). The number of hydrogen-bond acceptors (Lipinski definition) is 2. The van der Waals surface area contributed by atoms with Crippen LogP contribution in [0.1, 0.15) is 49.4 Å². The van der Waals surface area contributed by atoms with Gasteiger partial charge in [0.15, 0.2) is 0 Å². The standard InChI is InChI=1S/C13H23NS/c1-5-7-10(3)13(14-6-2)12-9-8-11(4)15-12/h8-10,13-14H,5-7H2,1-4H3. The van der Waals surface area contributed by atoms with Gasteiger partial charge in [-0.2, -0.15) is 0 Å². The molecular formula is C13H23NS. The van der Waals surface area contributed by atoms with E-state index in [0.717, 1.165) is 12.5 Å². The van der Waals surface area contributed by atoms with Crippen LogP contribution in [-0.4, -0.2) is 6.54 Å². The maximum absolute atomic E-state index is 3.61. The second-order valence-electron chi connectivity index (χ2n) is 4.25. The van der Waals surface area contributed by atoms with E-state index >= 15 is 0 Å². The van der Waals surface area contributed by atoms with Crippen LogP contribution in [0.3, 0.4) is 0 Å². The molecule has 1 N–H and O–H groups in total. The lowest BCUT2D eigenvalue weighted by Gasteiger charge is -2.23. The number of nitrogens with one attached hydrogen (secondary N) is 1. The molecule has 15 heavy (non-hydrogen) atoms. The van der Waals surface area contributed by atoms with Crippen molar-refractivity contribution >= 4 is 11.3 Å². The summed E-state index contributed by atoms with van der Waals surface area (Å²) in [4.78, 5) is 2.91. The second-order valence-corrected chi connectivity index (χ2v) is 5.57. The van der Waals surface area contributed by atoms with Crippen molar-refractivity contribution < 1.29 is 0 Å². The third-order valence-corrected chi connectivity index (χ3v) is 3.89. The largest absolute Gasteiger partial charge is 0.309 e. The molecule has 1 nitrogen and oxygen atoms in total. The molecule has 86 valence electrons. The molecule has 0 aliphatic rings. The second kappa shape index (κ2) is 6.29. The van der Waals surface area contributed by atoms with E-state index in [9.17, 15) is 0 Å². The zero-order valence-electron chi connectivity index (χ0n) is 10.3. The molecule has 0 aliphatic carbocycles. The summed E-state index contributed by atoms with van der Waals surface area (Å²) in [6.45, 7) is 10.0. The van der Waals surface area contributed by atoms with Gasteiger partial charge in [-0.05, 0) is 37.9 Å². The summed E-state index contributed by atoms with van der Waals surface area (Å²) >= 11 is 1.93. The average molecular weight is 225 g/mol. The van der Waals surface area contributed by atoms with Crippen molar-refractivity contribution in [2.24, 2.45) is 5.92 Å². The Morgan fingerprint density at radius 2 is 2.07 bits per heavy atom. The highest BCUT2D eigenvalue weighted by molar-refractivity contribution is 7.12. The predicted molar refractivity (Wildman–Crippen MR) is 69.5 cm³/mol. The van der Waals surface area contributed by atoms with Crippen molar-refractivity contribution in [2.45, 2.75) is 46.6 Å². The van der Waals surface area contributed by atoms with Gasteiger partial charge in [-0.15, -0.1) is 11.3 Å². The molecule has 2 heteroatoms. The molecule has 0 saturated heterocycles. The van der Waals surface area contributed by atoms with E-state index in [4.69, 9.17) is 0 Å². The van der Waals surface area contributed by atoms with E-state index in [-0.39, 0.29) is 0 Å². The number of thiophene rings is 1. The van der Waals surface area contributed by atoms with E-state index in [1.807, 2.05) is 11.3 Å². The van der Waals surface area contributed by atoms with Crippen molar-refractivity contribution in [3.8, 4) is 0 Å². The molecule has 1 aromatic rings. The molecule has 2 atom stereocenters. The van der Waals surface area contributed by atoms with Crippen LogP contribution in [-0.2, 0) is 0 Å². The average Bonchev–Trinajstić information content (AvgIpc) is 2.61. The molecule has 0 amide bonds. The highest BCUT2D eigenvalue weighted by Gasteiger charge is 2.18. The molecule has 0 aliphatic heterocycles. The highest BCUT2D eigenvalue weighted by Crippen LogP contribution is 2.30. The van der Waals surface area contributed by atoms with Crippen molar-refractivity contribution in [1.29, 1.82) is 0 Å². The SMILES string of the molecule is CCCC(C)C(NCC)c1ccc(C)s1. The fraction of sp³-hybridized carbons (Fsp3) is 0.692. The minimum Gasteiger partial charge on any atom is -0.309 e. The predicted octanol–water partition coefficient (Wildman–Crippen LogP) is 4.14. The molecule has 2 unspecified atom stereocenters. The molecular weight excluding hydrogens is 202 g/mol. The van der Waals surface area contributed by atoms with Crippen LogP contribution in [0.5, 0.6) is 0 Å². The summed E-state index contributed by atoms with van der Waals surface area (Å²) < 4.78 is 0. The van der Waals surface area contributed by atoms with Crippen LogP contribution < -0.4 is 5.32 Å². The van der Waals surface area contributed by atoms with Gasteiger partial charge in [0.25, 0.3) is 0 Å². The minimum absolute atomic E-state index is 0.550. The lowest BCUT2D eigenvalue weighted by molar-refractivity contribution is 0.374. The fourth-order valence-electron chi connectivity index (χ4n) is 2.04. The summed E-state index contributed by atoms with van der Waals surface area (Å²) in [7, 11) is 0. The Balaban J connectivity index is 2.72. The molecule has 1 aromatic heterocycles. The van der Waals surface area contributed by atoms with Gasteiger partial charge in [0.1, 0.15) is 0 Å². The van der Waals surface area contributed by atoms with E-state index in [0.29, 0.717) is 6.04 Å². The Morgan fingerprint density at radius 1 is 1.33 bits per heavy atom. The quantitative estimate of drug-likeness (QED) is 0.767. The maximum atomic E-state index is 3.61. The molecule has 0 bridgehead atoms.